The third-order valence-electron chi connectivity index (χ3n) is 4.01. The summed E-state index contributed by atoms with van der Waals surface area (Å²) in [5.74, 6) is 1.50. The van der Waals surface area contributed by atoms with Crippen LogP contribution in [0.3, 0.4) is 0 Å². The minimum atomic E-state index is 0.569. The van der Waals surface area contributed by atoms with Crippen molar-refractivity contribution in [1.82, 2.24) is 5.32 Å². The Balaban J connectivity index is 1.98. The minimum absolute atomic E-state index is 0.569. The first-order chi connectivity index (χ1) is 8.08. The van der Waals surface area contributed by atoms with Crippen LogP contribution in [0, 0.1) is 11.8 Å². The Labute approximate surface area is 113 Å². The predicted molar refractivity (Wildman–Crippen MR) is 77.2 cm³/mol. The first-order valence-electron chi connectivity index (χ1n) is 6.59. The van der Waals surface area contributed by atoms with Gasteiger partial charge in [-0.1, -0.05) is 42.8 Å². The molecule has 0 saturated carbocycles. The lowest BCUT2D eigenvalue weighted by atomic mass is 9.97. The van der Waals surface area contributed by atoms with E-state index in [0.717, 1.165) is 18.4 Å². The Bertz CT molecular complexity index is 387. The van der Waals surface area contributed by atoms with Crippen LogP contribution in [-0.2, 0) is 6.42 Å². The van der Waals surface area contributed by atoms with Gasteiger partial charge in [-0.25, -0.2) is 0 Å². The molecule has 1 aromatic carbocycles. The van der Waals surface area contributed by atoms with Crippen LogP contribution >= 0.6 is 15.9 Å². The molecule has 1 aliphatic carbocycles. The fraction of sp³-hybridized carbons (Fsp3) is 0.600. The molecule has 1 nitrogen and oxygen atoms in total. The van der Waals surface area contributed by atoms with Gasteiger partial charge in [0.15, 0.2) is 0 Å². The molecule has 1 N–H and O–H groups in total. The van der Waals surface area contributed by atoms with Crippen molar-refractivity contribution >= 4 is 15.9 Å². The summed E-state index contributed by atoms with van der Waals surface area (Å²) in [4.78, 5) is 0. The number of hydrogen-bond donors (Lipinski definition) is 1. The normalized spacial score (nSPS) is 20.6. The molecule has 1 aliphatic rings. The molecule has 2 heteroatoms. The second-order valence-corrected chi connectivity index (χ2v) is 6.48. The molecule has 1 aromatic rings. The zero-order chi connectivity index (χ0) is 12.4. The smallest absolute Gasteiger partial charge is 0.0326 e. The van der Waals surface area contributed by atoms with Crippen LogP contribution in [0.4, 0.5) is 0 Å². The highest BCUT2D eigenvalue weighted by Crippen LogP contribution is 2.33. The van der Waals surface area contributed by atoms with Crippen molar-refractivity contribution in [2.24, 2.45) is 11.8 Å². The number of rotatable bonds is 4. The molecule has 0 aromatic heterocycles. The molecule has 0 radical (unpaired) electrons. The molecular formula is C15H22BrN. The van der Waals surface area contributed by atoms with Crippen molar-refractivity contribution < 1.29 is 0 Å². The van der Waals surface area contributed by atoms with E-state index in [-0.39, 0.29) is 0 Å². The maximum Gasteiger partial charge on any atom is 0.0326 e. The summed E-state index contributed by atoms with van der Waals surface area (Å²) in [7, 11) is 0. The molecule has 0 fully saturated rings. The van der Waals surface area contributed by atoms with Crippen molar-refractivity contribution in [2.75, 3.05) is 6.54 Å². The molecule has 2 rings (SSSR count). The molecule has 0 heterocycles. The maximum atomic E-state index is 3.72. The van der Waals surface area contributed by atoms with E-state index in [4.69, 9.17) is 0 Å². The number of halogens is 1. The van der Waals surface area contributed by atoms with E-state index in [1.54, 1.807) is 0 Å². The summed E-state index contributed by atoms with van der Waals surface area (Å²) < 4.78 is 1.20. The molecule has 0 aliphatic heterocycles. The van der Waals surface area contributed by atoms with Crippen molar-refractivity contribution in [3.8, 4) is 0 Å². The molecule has 0 saturated heterocycles. The Morgan fingerprint density at radius 3 is 2.82 bits per heavy atom. The third kappa shape index (κ3) is 3.11. The molecule has 94 valence electrons. The average molecular weight is 296 g/mol. The Morgan fingerprint density at radius 1 is 1.35 bits per heavy atom. The van der Waals surface area contributed by atoms with Gasteiger partial charge in [-0.3, -0.25) is 0 Å². The lowest BCUT2D eigenvalue weighted by Gasteiger charge is -2.20. The van der Waals surface area contributed by atoms with Gasteiger partial charge in [0.05, 0.1) is 0 Å². The van der Waals surface area contributed by atoms with E-state index < -0.39 is 0 Å². The van der Waals surface area contributed by atoms with Crippen molar-refractivity contribution in [1.29, 1.82) is 0 Å². The van der Waals surface area contributed by atoms with E-state index in [9.17, 15) is 0 Å². The highest BCUT2D eigenvalue weighted by atomic mass is 79.9. The summed E-state index contributed by atoms with van der Waals surface area (Å²) in [6, 6.07) is 7.26. The molecule has 0 amide bonds. The quantitative estimate of drug-likeness (QED) is 0.872. The van der Waals surface area contributed by atoms with Crippen LogP contribution in [0.5, 0.6) is 0 Å². The summed E-state index contributed by atoms with van der Waals surface area (Å²) in [5.41, 5.74) is 3.01. The van der Waals surface area contributed by atoms with Gasteiger partial charge in [0.25, 0.3) is 0 Å². The first-order valence-corrected chi connectivity index (χ1v) is 7.39. The largest absolute Gasteiger partial charge is 0.310 e. The van der Waals surface area contributed by atoms with Crippen LogP contribution in [0.25, 0.3) is 0 Å². The van der Waals surface area contributed by atoms with Gasteiger partial charge in [0.2, 0.25) is 0 Å². The van der Waals surface area contributed by atoms with Crippen LogP contribution in [-0.4, -0.2) is 6.54 Å². The molecular weight excluding hydrogens is 274 g/mol. The topological polar surface area (TPSA) is 12.0 Å². The van der Waals surface area contributed by atoms with E-state index in [1.807, 2.05) is 0 Å². The fourth-order valence-electron chi connectivity index (χ4n) is 2.36. The van der Waals surface area contributed by atoms with Crippen molar-refractivity contribution in [3.63, 3.8) is 0 Å². The third-order valence-corrected chi connectivity index (χ3v) is 4.50. The van der Waals surface area contributed by atoms with Crippen LogP contribution < -0.4 is 5.32 Å². The molecule has 0 bridgehead atoms. The molecule has 0 spiro atoms. The van der Waals surface area contributed by atoms with E-state index in [0.29, 0.717) is 6.04 Å². The lowest BCUT2D eigenvalue weighted by molar-refractivity contribution is 0.368. The Morgan fingerprint density at radius 2 is 2.12 bits per heavy atom. The number of aryl methyl sites for hydroxylation is 1. The summed E-state index contributed by atoms with van der Waals surface area (Å²) in [6.07, 6.45) is 2.46. The van der Waals surface area contributed by atoms with Gasteiger partial charge in [0, 0.05) is 10.5 Å². The van der Waals surface area contributed by atoms with Gasteiger partial charge in [-0.2, -0.15) is 0 Å². The van der Waals surface area contributed by atoms with Gasteiger partial charge in [-0.05, 0) is 54.5 Å². The van der Waals surface area contributed by atoms with Crippen LogP contribution in [0.15, 0.2) is 22.7 Å². The van der Waals surface area contributed by atoms with Gasteiger partial charge in [0.1, 0.15) is 0 Å². The van der Waals surface area contributed by atoms with Crippen molar-refractivity contribution in [2.45, 2.75) is 39.7 Å². The molecule has 2 atom stereocenters. The monoisotopic (exact) mass is 295 g/mol. The Hall–Kier alpha value is -0.340. The number of fused-ring (bicyclic) bond motifs is 1. The average Bonchev–Trinajstić information content (AvgIpc) is 2.67. The standard InChI is InChI=1S/C15H22BrN/c1-10(2)11(3)9-17-15-7-4-12-8-13(16)5-6-14(12)15/h5-6,8,10-11,15,17H,4,7,9H2,1-3H3. The minimum Gasteiger partial charge on any atom is -0.310 e. The summed E-state index contributed by atoms with van der Waals surface area (Å²) in [6.45, 7) is 8.05. The number of nitrogens with one attached hydrogen (secondary N) is 1. The highest BCUT2D eigenvalue weighted by molar-refractivity contribution is 9.10. The summed E-state index contributed by atoms with van der Waals surface area (Å²) in [5, 5.41) is 3.72. The maximum absolute atomic E-state index is 3.72. The van der Waals surface area contributed by atoms with Gasteiger partial charge in [-0.15, -0.1) is 0 Å². The zero-order valence-electron chi connectivity index (χ0n) is 11.0. The van der Waals surface area contributed by atoms with E-state index >= 15 is 0 Å². The van der Waals surface area contributed by atoms with Gasteiger partial charge < -0.3 is 5.32 Å². The number of hydrogen-bond acceptors (Lipinski definition) is 1. The van der Waals surface area contributed by atoms with Crippen LogP contribution in [0.1, 0.15) is 44.4 Å². The van der Waals surface area contributed by atoms with Crippen LogP contribution in [0.2, 0.25) is 0 Å². The van der Waals surface area contributed by atoms with E-state index in [1.165, 1.54) is 28.4 Å². The van der Waals surface area contributed by atoms with Gasteiger partial charge >= 0.3 is 0 Å². The lowest BCUT2D eigenvalue weighted by Crippen LogP contribution is -2.27. The zero-order valence-corrected chi connectivity index (χ0v) is 12.5. The Kier molecular flexibility index (Phi) is 4.26. The number of benzene rings is 1. The van der Waals surface area contributed by atoms with E-state index in [2.05, 4.69) is 60.2 Å². The highest BCUT2D eigenvalue weighted by Gasteiger charge is 2.22. The van der Waals surface area contributed by atoms with Crippen molar-refractivity contribution in [3.05, 3.63) is 33.8 Å². The SMILES string of the molecule is CC(C)C(C)CNC1CCc2cc(Br)ccc21. The molecule has 17 heavy (non-hydrogen) atoms. The predicted octanol–water partition coefficient (Wildman–Crippen LogP) is 4.32. The second kappa shape index (κ2) is 5.53. The summed E-state index contributed by atoms with van der Waals surface area (Å²) >= 11 is 3.55. The fourth-order valence-corrected chi connectivity index (χ4v) is 2.77. The first kappa shape index (κ1) is 13.1. The second-order valence-electron chi connectivity index (χ2n) is 5.56. The molecule has 2 unspecified atom stereocenters.